The normalized spacial score (nSPS) is 12.1. The minimum atomic E-state index is -1.55. The summed E-state index contributed by atoms with van der Waals surface area (Å²) in [5.41, 5.74) is 0. The van der Waals surface area contributed by atoms with E-state index >= 15 is 0 Å². The van der Waals surface area contributed by atoms with Crippen LogP contribution >= 0.6 is 7.14 Å². The molecule has 0 spiro atoms. The van der Waals surface area contributed by atoms with Crippen molar-refractivity contribution in [3.05, 3.63) is 54.6 Å². The molecule has 0 atom stereocenters. The number of hydrogen-bond donors (Lipinski definition) is 0. The van der Waals surface area contributed by atoms with Crippen molar-refractivity contribution in [2.45, 2.75) is 0 Å². The summed E-state index contributed by atoms with van der Waals surface area (Å²) in [5.74, 6) is 0.923. The molecule has 0 aliphatic carbocycles. The monoisotopic (exact) mass is 244 g/mol. The van der Waals surface area contributed by atoms with E-state index in [1.54, 1.807) is 7.11 Å². The van der Waals surface area contributed by atoms with E-state index in [4.69, 9.17) is 4.74 Å². The van der Waals surface area contributed by atoms with Crippen LogP contribution in [0.25, 0.3) is 0 Å². The number of ether oxygens (including phenoxy) is 1. The standard InChI is InChI=1S/C14H18BOP/c1-16-12-8-10-14(11-9-12)17(2,15)13-6-4-3-5-7-13/h3-11,17H,15H2,1-2H3. The third-order valence-electron chi connectivity index (χ3n) is 3.31. The van der Waals surface area contributed by atoms with Gasteiger partial charge in [0.25, 0.3) is 0 Å². The zero-order chi connectivity index (χ0) is 12.3. The Kier molecular flexibility index (Phi) is 3.54. The molecule has 3 heteroatoms. The van der Waals surface area contributed by atoms with E-state index in [0.29, 0.717) is 0 Å². The van der Waals surface area contributed by atoms with E-state index in [0.717, 1.165) is 5.75 Å². The van der Waals surface area contributed by atoms with Gasteiger partial charge in [-0.05, 0) is 0 Å². The minimum absolute atomic E-state index is 0.923. The second-order valence-corrected chi connectivity index (χ2v) is 9.12. The molecule has 0 saturated carbocycles. The van der Waals surface area contributed by atoms with Crippen LogP contribution in [0.15, 0.2) is 54.6 Å². The van der Waals surface area contributed by atoms with E-state index in [1.807, 2.05) is 12.1 Å². The first kappa shape index (κ1) is 12.2. The number of rotatable bonds is 3. The number of methoxy groups -OCH3 is 1. The summed E-state index contributed by atoms with van der Waals surface area (Å²) >= 11 is 0. The molecule has 2 aromatic rings. The van der Waals surface area contributed by atoms with Crippen LogP contribution in [-0.4, -0.2) is 21.3 Å². The molecule has 0 N–H and O–H groups in total. The molecule has 0 aliphatic heterocycles. The maximum atomic E-state index is 5.20. The molecule has 0 bridgehead atoms. The third-order valence-corrected chi connectivity index (χ3v) is 6.86. The van der Waals surface area contributed by atoms with Gasteiger partial charge < -0.3 is 0 Å². The van der Waals surface area contributed by atoms with Gasteiger partial charge in [-0.1, -0.05) is 0 Å². The quantitative estimate of drug-likeness (QED) is 0.588. The van der Waals surface area contributed by atoms with Crippen molar-refractivity contribution in [2.75, 3.05) is 13.8 Å². The molecular weight excluding hydrogens is 226 g/mol. The Morgan fingerprint density at radius 1 is 0.882 bits per heavy atom. The molecule has 1 nitrogen and oxygen atoms in total. The molecule has 0 fully saturated rings. The van der Waals surface area contributed by atoms with Gasteiger partial charge in [0.15, 0.2) is 0 Å². The SMILES string of the molecule is B[PH](C)(c1ccccc1)c1ccc(OC)cc1. The Hall–Kier alpha value is -1.27. The van der Waals surface area contributed by atoms with Crippen molar-refractivity contribution < 1.29 is 4.74 Å². The summed E-state index contributed by atoms with van der Waals surface area (Å²) in [5, 5.41) is 2.90. The molecule has 17 heavy (non-hydrogen) atoms. The maximum absolute atomic E-state index is 5.20. The zero-order valence-corrected chi connectivity index (χ0v) is 11.6. The van der Waals surface area contributed by atoms with Crippen LogP contribution in [-0.2, 0) is 0 Å². The number of benzene rings is 2. The van der Waals surface area contributed by atoms with Crippen LogP contribution in [0.4, 0.5) is 0 Å². The van der Waals surface area contributed by atoms with E-state index in [-0.39, 0.29) is 0 Å². The summed E-state index contributed by atoms with van der Waals surface area (Å²) in [6, 6.07) is 19.3. The number of hydrogen-bond acceptors (Lipinski definition) is 1. The first-order valence-corrected chi connectivity index (χ1v) is 8.84. The van der Waals surface area contributed by atoms with Gasteiger partial charge in [-0.15, -0.1) is 0 Å². The van der Waals surface area contributed by atoms with Gasteiger partial charge in [-0.2, -0.15) is 0 Å². The van der Waals surface area contributed by atoms with Gasteiger partial charge in [0.05, 0.1) is 0 Å². The first-order valence-electron chi connectivity index (χ1n) is 5.84. The molecule has 0 saturated heterocycles. The molecule has 0 radical (unpaired) electrons. The second kappa shape index (κ2) is 4.93. The topological polar surface area (TPSA) is 9.23 Å². The summed E-state index contributed by atoms with van der Waals surface area (Å²) in [4.78, 5) is 0. The molecule has 2 aromatic carbocycles. The Morgan fingerprint density at radius 3 is 1.94 bits per heavy atom. The van der Waals surface area contributed by atoms with Crippen molar-refractivity contribution >= 4 is 25.3 Å². The average Bonchev–Trinajstić information content (AvgIpc) is 2.40. The van der Waals surface area contributed by atoms with E-state index in [9.17, 15) is 0 Å². The van der Waals surface area contributed by atoms with E-state index in [2.05, 4.69) is 56.7 Å². The van der Waals surface area contributed by atoms with Gasteiger partial charge in [-0.3, -0.25) is 0 Å². The Labute approximate surface area is 105 Å². The van der Waals surface area contributed by atoms with Crippen molar-refractivity contribution in [1.29, 1.82) is 0 Å². The first-order chi connectivity index (χ1) is 8.14. The Morgan fingerprint density at radius 2 is 1.41 bits per heavy atom. The fourth-order valence-corrected chi connectivity index (χ4v) is 4.39. The summed E-state index contributed by atoms with van der Waals surface area (Å²) in [6.45, 7) is 2.38. The van der Waals surface area contributed by atoms with Gasteiger partial charge in [0.1, 0.15) is 0 Å². The molecular formula is C14H18BOP. The van der Waals surface area contributed by atoms with Crippen molar-refractivity contribution in [3.63, 3.8) is 0 Å². The summed E-state index contributed by atoms with van der Waals surface area (Å²) < 4.78 is 5.20. The van der Waals surface area contributed by atoms with Gasteiger partial charge in [0, 0.05) is 0 Å². The molecule has 0 heterocycles. The van der Waals surface area contributed by atoms with Crippen LogP contribution in [0.2, 0.25) is 0 Å². The zero-order valence-electron chi connectivity index (χ0n) is 10.6. The van der Waals surface area contributed by atoms with Gasteiger partial charge in [-0.25, -0.2) is 0 Å². The van der Waals surface area contributed by atoms with Crippen LogP contribution in [0.1, 0.15) is 0 Å². The molecule has 2 rings (SSSR count). The fraction of sp³-hybridized carbons (Fsp3) is 0.143. The average molecular weight is 244 g/mol. The molecule has 88 valence electrons. The summed E-state index contributed by atoms with van der Waals surface area (Å²) in [7, 11) is 2.54. The van der Waals surface area contributed by atoms with Crippen molar-refractivity contribution in [2.24, 2.45) is 0 Å². The predicted molar refractivity (Wildman–Crippen MR) is 81.5 cm³/mol. The molecule has 0 aliphatic rings. The van der Waals surface area contributed by atoms with Gasteiger partial charge >= 0.3 is 104 Å². The Balaban J connectivity index is 2.37. The Bertz CT molecular complexity index is 479. The van der Waals surface area contributed by atoms with E-state index < -0.39 is 7.14 Å². The van der Waals surface area contributed by atoms with Crippen molar-refractivity contribution in [1.82, 2.24) is 0 Å². The second-order valence-electron chi connectivity index (χ2n) is 4.72. The van der Waals surface area contributed by atoms with Crippen LogP contribution < -0.4 is 15.3 Å². The summed E-state index contributed by atoms with van der Waals surface area (Å²) in [6.07, 6.45) is 0. The van der Waals surface area contributed by atoms with Crippen LogP contribution in [0.5, 0.6) is 5.75 Å². The van der Waals surface area contributed by atoms with Gasteiger partial charge in [0.2, 0.25) is 0 Å². The molecule has 0 aromatic heterocycles. The molecule has 0 unspecified atom stereocenters. The predicted octanol–water partition coefficient (Wildman–Crippen LogP) is 1.57. The van der Waals surface area contributed by atoms with E-state index in [1.165, 1.54) is 10.6 Å². The third kappa shape index (κ3) is 2.53. The fourth-order valence-electron chi connectivity index (χ4n) is 2.03. The molecule has 0 amide bonds. The van der Waals surface area contributed by atoms with Crippen LogP contribution in [0.3, 0.4) is 0 Å². The van der Waals surface area contributed by atoms with Crippen molar-refractivity contribution in [3.8, 4) is 5.75 Å². The van der Waals surface area contributed by atoms with Crippen LogP contribution in [0, 0.1) is 0 Å².